The highest BCUT2D eigenvalue weighted by Gasteiger charge is 2.12. The lowest BCUT2D eigenvalue weighted by Crippen LogP contribution is -2.03. The van der Waals surface area contributed by atoms with E-state index in [-0.39, 0.29) is 0 Å². The van der Waals surface area contributed by atoms with Crippen molar-refractivity contribution in [1.29, 1.82) is 0 Å². The van der Waals surface area contributed by atoms with Gasteiger partial charge in [-0.15, -0.1) is 0 Å². The first-order chi connectivity index (χ1) is 14.9. The molecule has 0 amide bonds. The van der Waals surface area contributed by atoms with Gasteiger partial charge in [0.2, 0.25) is 0 Å². The molecule has 3 atom stereocenters. The van der Waals surface area contributed by atoms with E-state index in [9.17, 15) is 0 Å². The Labute approximate surface area is 192 Å². The molecule has 1 N–H and O–H groups in total. The second-order valence-corrected chi connectivity index (χ2v) is 8.87. The number of hydrogen-bond acceptors (Lipinski definition) is 1. The molecule has 0 saturated heterocycles. The summed E-state index contributed by atoms with van der Waals surface area (Å²) in [7, 11) is 0. The number of aromatic nitrogens is 2. The van der Waals surface area contributed by atoms with Crippen LogP contribution >= 0.6 is 0 Å². The number of hydrogen-bond donors (Lipinski definition) is 1. The van der Waals surface area contributed by atoms with Crippen LogP contribution in [0.3, 0.4) is 0 Å². The molecule has 2 nitrogen and oxygen atoms in total. The molecule has 0 bridgehead atoms. The monoisotopic (exact) mass is 422 g/mol. The Morgan fingerprint density at radius 2 is 1.74 bits per heavy atom. The van der Waals surface area contributed by atoms with Crippen LogP contribution in [0.5, 0.6) is 0 Å². The number of nitrogens with one attached hydrogen (secondary N) is 1. The molecule has 172 valence electrons. The predicted octanol–water partition coefficient (Wildman–Crippen LogP) is 9.18. The van der Waals surface area contributed by atoms with Crippen LogP contribution in [0, 0.1) is 11.8 Å². The lowest BCUT2D eigenvalue weighted by molar-refractivity contribution is 0.514. The van der Waals surface area contributed by atoms with Crippen LogP contribution in [-0.4, -0.2) is 9.97 Å². The van der Waals surface area contributed by atoms with E-state index in [1.54, 1.807) is 0 Å². The van der Waals surface area contributed by atoms with Crippen molar-refractivity contribution in [3.8, 4) is 0 Å². The Morgan fingerprint density at radius 1 is 1.03 bits per heavy atom. The van der Waals surface area contributed by atoms with Gasteiger partial charge in [-0.2, -0.15) is 0 Å². The van der Waals surface area contributed by atoms with Crippen LogP contribution in [0.4, 0.5) is 0 Å². The van der Waals surface area contributed by atoms with Crippen molar-refractivity contribution in [3.63, 3.8) is 0 Å². The van der Waals surface area contributed by atoms with Crippen molar-refractivity contribution in [2.24, 2.45) is 11.8 Å². The Balaban J connectivity index is 2.76. The number of H-pyrrole nitrogens is 1. The molecule has 2 unspecified atom stereocenters. The van der Waals surface area contributed by atoms with Crippen LogP contribution in [0.2, 0.25) is 0 Å². The number of unbranched alkanes of at least 4 members (excludes halogenated alkanes) is 1. The molecule has 0 radical (unpaired) electrons. The summed E-state index contributed by atoms with van der Waals surface area (Å²) in [6.45, 7) is 19.9. The molecule has 31 heavy (non-hydrogen) atoms. The lowest BCUT2D eigenvalue weighted by atomic mass is 9.88. The maximum atomic E-state index is 4.66. The molecule has 0 saturated carbocycles. The number of imidazole rings is 1. The normalized spacial score (nSPS) is 16.2. The first-order valence-electron chi connectivity index (χ1n) is 12.3. The van der Waals surface area contributed by atoms with Gasteiger partial charge in [0, 0.05) is 5.92 Å². The van der Waals surface area contributed by atoms with Gasteiger partial charge in [-0.3, -0.25) is 0 Å². The summed E-state index contributed by atoms with van der Waals surface area (Å²) in [6, 6.07) is 0. The summed E-state index contributed by atoms with van der Waals surface area (Å²) in [5.41, 5.74) is 4.93. The summed E-state index contributed by atoms with van der Waals surface area (Å²) in [4.78, 5) is 8.22. The van der Waals surface area contributed by atoms with Crippen molar-refractivity contribution in [1.82, 2.24) is 9.97 Å². The molecular weight excluding hydrogens is 376 g/mol. The summed E-state index contributed by atoms with van der Waals surface area (Å²) in [5.74, 6) is 2.62. The average molecular weight is 423 g/mol. The fraction of sp³-hybridized carbons (Fsp3) is 0.552. The predicted molar refractivity (Wildman–Crippen MR) is 139 cm³/mol. The molecule has 1 aromatic heterocycles. The Bertz CT molecular complexity index is 772. The lowest BCUT2D eigenvalue weighted by Gasteiger charge is -2.17. The Hall–Kier alpha value is -2.09. The van der Waals surface area contributed by atoms with Gasteiger partial charge in [0.15, 0.2) is 0 Å². The fourth-order valence-corrected chi connectivity index (χ4v) is 3.82. The minimum Gasteiger partial charge on any atom is -0.342 e. The maximum absolute atomic E-state index is 4.66. The Kier molecular flexibility index (Phi) is 12.9. The van der Waals surface area contributed by atoms with Gasteiger partial charge in [-0.25, -0.2) is 4.98 Å². The third-order valence-corrected chi connectivity index (χ3v) is 6.19. The van der Waals surface area contributed by atoms with Gasteiger partial charge in [0.05, 0.1) is 11.9 Å². The van der Waals surface area contributed by atoms with Crippen molar-refractivity contribution in [3.05, 3.63) is 71.9 Å². The first kappa shape index (κ1) is 26.9. The van der Waals surface area contributed by atoms with Gasteiger partial charge in [-0.05, 0) is 62.5 Å². The van der Waals surface area contributed by atoms with Crippen LogP contribution in [-0.2, 0) is 0 Å². The Morgan fingerprint density at radius 3 is 2.35 bits per heavy atom. The summed E-state index contributed by atoms with van der Waals surface area (Å²) in [5, 5.41) is 0. The third-order valence-electron chi connectivity index (χ3n) is 6.19. The minimum absolute atomic E-state index is 0.469. The van der Waals surface area contributed by atoms with Crippen LogP contribution in [0.25, 0.3) is 5.57 Å². The van der Waals surface area contributed by atoms with Gasteiger partial charge in [-0.1, -0.05) is 96.1 Å². The number of allylic oxidation sites excluding steroid dienone is 9. The molecule has 0 aliphatic carbocycles. The number of rotatable bonds is 14. The molecule has 0 aromatic carbocycles. The van der Waals surface area contributed by atoms with E-state index < -0.39 is 0 Å². The van der Waals surface area contributed by atoms with Gasteiger partial charge < -0.3 is 4.98 Å². The van der Waals surface area contributed by atoms with E-state index in [0.717, 1.165) is 24.4 Å². The molecule has 2 heteroatoms. The fourth-order valence-electron chi connectivity index (χ4n) is 3.82. The van der Waals surface area contributed by atoms with Crippen molar-refractivity contribution < 1.29 is 0 Å². The van der Waals surface area contributed by atoms with Gasteiger partial charge >= 0.3 is 0 Å². The van der Waals surface area contributed by atoms with E-state index in [1.807, 2.05) is 6.20 Å². The standard InChI is InChI=1S/C29H46N2/c1-9-13-16-25(8)29-30-21-28(31-29)27(15-11-3)20-19-23(6)22(5)17-18-24(7)26(12-4)14-10-2/h10,12,14-15,19-22,24-25H,6,9,11,13,16-18H2,1-5,7-8H3,(H,30,31)/b14-10-,20-19-,26-12+,27-15+/t22?,24-,25?/m1/s1. The van der Waals surface area contributed by atoms with Gasteiger partial charge in [0.1, 0.15) is 5.82 Å². The highest BCUT2D eigenvalue weighted by Crippen LogP contribution is 2.26. The quantitative estimate of drug-likeness (QED) is 0.297. The second-order valence-electron chi connectivity index (χ2n) is 8.87. The molecule has 1 aromatic rings. The molecule has 0 spiro atoms. The number of nitrogens with zero attached hydrogens (tertiary/aromatic N) is 1. The van der Waals surface area contributed by atoms with Crippen molar-refractivity contribution in [2.45, 2.75) is 92.9 Å². The number of aromatic amines is 1. The van der Waals surface area contributed by atoms with Crippen molar-refractivity contribution in [2.75, 3.05) is 0 Å². The van der Waals surface area contributed by atoms with E-state index in [4.69, 9.17) is 0 Å². The topological polar surface area (TPSA) is 28.7 Å². The SMILES string of the molecule is C=C(/C=C\C(=C/CC)c1cnc(C(C)CCCC)[nH]1)C(C)CC[C@@H](C)C(/C=C\C)=C/C. The molecule has 0 fully saturated rings. The molecule has 0 aliphatic heterocycles. The average Bonchev–Trinajstić information content (AvgIpc) is 3.26. The molecule has 1 rings (SSSR count). The summed E-state index contributed by atoms with van der Waals surface area (Å²) >= 11 is 0. The highest BCUT2D eigenvalue weighted by molar-refractivity contribution is 5.72. The summed E-state index contributed by atoms with van der Waals surface area (Å²) < 4.78 is 0. The van der Waals surface area contributed by atoms with Crippen LogP contribution < -0.4 is 0 Å². The smallest absolute Gasteiger partial charge is 0.109 e. The van der Waals surface area contributed by atoms with E-state index in [2.05, 4.69) is 101 Å². The molecular formula is C29H46N2. The zero-order valence-corrected chi connectivity index (χ0v) is 21.2. The first-order valence-corrected chi connectivity index (χ1v) is 12.3. The minimum atomic E-state index is 0.469. The van der Waals surface area contributed by atoms with E-state index >= 15 is 0 Å². The highest BCUT2D eigenvalue weighted by atomic mass is 14.9. The summed E-state index contributed by atoms with van der Waals surface area (Å²) in [6.07, 6.45) is 22.2. The maximum Gasteiger partial charge on any atom is 0.109 e. The van der Waals surface area contributed by atoms with Crippen molar-refractivity contribution >= 4 is 5.57 Å². The molecule has 1 heterocycles. The molecule has 0 aliphatic rings. The van der Waals surface area contributed by atoms with Crippen LogP contribution in [0.1, 0.15) is 104 Å². The van der Waals surface area contributed by atoms with E-state index in [0.29, 0.717) is 17.8 Å². The largest absolute Gasteiger partial charge is 0.342 e. The van der Waals surface area contributed by atoms with Crippen LogP contribution in [0.15, 0.2) is 60.4 Å². The van der Waals surface area contributed by atoms with Gasteiger partial charge in [0.25, 0.3) is 0 Å². The zero-order chi connectivity index (χ0) is 23.2. The second kappa shape index (κ2) is 14.8. The zero-order valence-electron chi connectivity index (χ0n) is 21.2. The van der Waals surface area contributed by atoms with E-state index in [1.165, 1.54) is 42.4 Å². The third kappa shape index (κ3) is 9.29.